The fourth-order valence-corrected chi connectivity index (χ4v) is 3.09. The van der Waals surface area contributed by atoms with Gasteiger partial charge in [0.15, 0.2) is 0 Å². The Morgan fingerprint density at radius 3 is 2.29 bits per heavy atom. The van der Waals surface area contributed by atoms with Gasteiger partial charge >= 0.3 is 5.97 Å². The van der Waals surface area contributed by atoms with Crippen LogP contribution in [0.2, 0.25) is 0 Å². The lowest BCUT2D eigenvalue weighted by Crippen LogP contribution is -2.48. The smallest absolute Gasteiger partial charge is 0.303 e. The van der Waals surface area contributed by atoms with Gasteiger partial charge in [-0.15, -0.1) is 0 Å². The van der Waals surface area contributed by atoms with Crippen LogP contribution in [-0.2, 0) is 9.59 Å². The van der Waals surface area contributed by atoms with Crippen LogP contribution in [0.25, 0.3) is 0 Å². The standard InChI is InChI=1S/C16H30N2O3/c1-12(2)17(7-5-6-16(20)21)11-15(19)18-9-13(3)8-14(4)10-18/h12-14H,5-11H2,1-4H3,(H,20,21). The van der Waals surface area contributed by atoms with E-state index in [0.717, 1.165) is 13.1 Å². The molecule has 1 rings (SSSR count). The van der Waals surface area contributed by atoms with Crippen molar-refractivity contribution in [2.75, 3.05) is 26.2 Å². The molecule has 2 unspecified atom stereocenters. The average Bonchev–Trinajstić information content (AvgIpc) is 2.35. The third-order valence-electron chi connectivity index (χ3n) is 4.13. The lowest BCUT2D eigenvalue weighted by Gasteiger charge is -2.37. The first-order valence-corrected chi connectivity index (χ1v) is 8.03. The van der Waals surface area contributed by atoms with Crippen LogP contribution < -0.4 is 0 Å². The summed E-state index contributed by atoms with van der Waals surface area (Å²) < 4.78 is 0. The molecule has 0 radical (unpaired) electrons. The molecule has 5 nitrogen and oxygen atoms in total. The maximum Gasteiger partial charge on any atom is 0.303 e. The number of carboxylic acid groups (broad SMARTS) is 1. The molecule has 1 amide bonds. The van der Waals surface area contributed by atoms with Crippen LogP contribution in [0.3, 0.4) is 0 Å². The van der Waals surface area contributed by atoms with E-state index in [0.29, 0.717) is 31.3 Å². The first-order chi connectivity index (χ1) is 9.79. The van der Waals surface area contributed by atoms with E-state index < -0.39 is 5.97 Å². The Kier molecular flexibility index (Phi) is 7.15. The second kappa shape index (κ2) is 8.37. The quantitative estimate of drug-likeness (QED) is 0.781. The Balaban J connectivity index is 2.49. The van der Waals surface area contributed by atoms with Crippen molar-refractivity contribution in [1.29, 1.82) is 0 Å². The number of likely N-dealkylation sites (tertiary alicyclic amines) is 1. The summed E-state index contributed by atoms with van der Waals surface area (Å²) in [7, 11) is 0. The summed E-state index contributed by atoms with van der Waals surface area (Å²) >= 11 is 0. The molecular formula is C16H30N2O3. The molecule has 1 saturated heterocycles. The van der Waals surface area contributed by atoms with Crippen molar-refractivity contribution in [2.45, 2.75) is 53.0 Å². The summed E-state index contributed by atoms with van der Waals surface area (Å²) in [4.78, 5) is 27.1. The van der Waals surface area contributed by atoms with Crippen LogP contribution in [0.4, 0.5) is 0 Å². The van der Waals surface area contributed by atoms with E-state index in [1.54, 1.807) is 0 Å². The summed E-state index contributed by atoms with van der Waals surface area (Å²) in [5.74, 6) is 0.538. The van der Waals surface area contributed by atoms with Crippen molar-refractivity contribution in [1.82, 2.24) is 9.80 Å². The molecule has 0 saturated carbocycles. The van der Waals surface area contributed by atoms with Crippen LogP contribution in [0.15, 0.2) is 0 Å². The largest absolute Gasteiger partial charge is 0.481 e. The molecule has 0 spiro atoms. The van der Waals surface area contributed by atoms with Gasteiger partial charge in [0.2, 0.25) is 5.91 Å². The SMILES string of the molecule is CC1CC(C)CN(C(=O)CN(CCCC(=O)O)C(C)C)C1. The van der Waals surface area contributed by atoms with Gasteiger partial charge in [-0.25, -0.2) is 0 Å². The number of piperidine rings is 1. The Morgan fingerprint density at radius 2 is 1.81 bits per heavy atom. The molecular weight excluding hydrogens is 268 g/mol. The molecule has 0 bridgehead atoms. The van der Waals surface area contributed by atoms with Gasteiger partial charge in [0, 0.05) is 25.6 Å². The minimum absolute atomic E-state index is 0.162. The molecule has 1 aliphatic heterocycles. The molecule has 122 valence electrons. The van der Waals surface area contributed by atoms with Crippen LogP contribution in [0.5, 0.6) is 0 Å². The molecule has 0 aromatic rings. The summed E-state index contributed by atoms with van der Waals surface area (Å²) in [5.41, 5.74) is 0. The van der Waals surface area contributed by atoms with Gasteiger partial charge < -0.3 is 10.0 Å². The lowest BCUT2D eigenvalue weighted by atomic mass is 9.92. The summed E-state index contributed by atoms with van der Waals surface area (Å²) in [6.07, 6.45) is 1.94. The predicted molar refractivity (Wildman–Crippen MR) is 83.1 cm³/mol. The normalized spacial score (nSPS) is 22.9. The number of nitrogens with zero attached hydrogens (tertiary/aromatic N) is 2. The van der Waals surface area contributed by atoms with Crippen LogP contribution in [0.1, 0.15) is 47.0 Å². The number of carbonyl (C=O) groups excluding carboxylic acids is 1. The van der Waals surface area contributed by atoms with E-state index >= 15 is 0 Å². The van der Waals surface area contributed by atoms with E-state index in [2.05, 4.69) is 32.6 Å². The number of amides is 1. The Bertz CT molecular complexity index is 347. The van der Waals surface area contributed by atoms with Crippen molar-refractivity contribution in [3.63, 3.8) is 0 Å². The van der Waals surface area contributed by atoms with E-state index in [9.17, 15) is 9.59 Å². The van der Waals surface area contributed by atoms with Gasteiger partial charge in [-0.05, 0) is 45.1 Å². The highest BCUT2D eigenvalue weighted by Crippen LogP contribution is 2.21. The number of aliphatic carboxylic acids is 1. The average molecular weight is 298 g/mol. The highest BCUT2D eigenvalue weighted by Gasteiger charge is 2.26. The van der Waals surface area contributed by atoms with Crippen molar-refractivity contribution in [3.8, 4) is 0 Å². The molecule has 0 aliphatic carbocycles. The molecule has 1 fully saturated rings. The van der Waals surface area contributed by atoms with Crippen LogP contribution >= 0.6 is 0 Å². The summed E-state index contributed by atoms with van der Waals surface area (Å²) in [6, 6.07) is 0.252. The second-order valence-corrected chi connectivity index (χ2v) is 6.81. The molecule has 0 aromatic carbocycles. The van der Waals surface area contributed by atoms with E-state index in [4.69, 9.17) is 5.11 Å². The van der Waals surface area contributed by atoms with Gasteiger partial charge in [0.05, 0.1) is 6.54 Å². The highest BCUT2D eigenvalue weighted by atomic mass is 16.4. The Labute approximate surface area is 128 Å². The van der Waals surface area contributed by atoms with E-state index in [1.807, 2.05) is 4.90 Å². The zero-order valence-corrected chi connectivity index (χ0v) is 13.8. The molecule has 1 aliphatic rings. The topological polar surface area (TPSA) is 60.9 Å². The molecule has 1 N–H and O–H groups in total. The lowest BCUT2D eigenvalue weighted by molar-refractivity contribution is -0.137. The van der Waals surface area contributed by atoms with Crippen molar-refractivity contribution in [2.24, 2.45) is 11.8 Å². The predicted octanol–water partition coefficient (Wildman–Crippen LogP) is 2.07. The van der Waals surface area contributed by atoms with E-state index in [-0.39, 0.29) is 18.4 Å². The van der Waals surface area contributed by atoms with Gasteiger partial charge in [-0.2, -0.15) is 0 Å². The Morgan fingerprint density at radius 1 is 1.24 bits per heavy atom. The first kappa shape index (κ1) is 18.0. The fourth-order valence-electron chi connectivity index (χ4n) is 3.09. The number of carboxylic acids is 1. The van der Waals surface area contributed by atoms with Crippen molar-refractivity contribution in [3.05, 3.63) is 0 Å². The molecule has 0 aromatic heterocycles. The number of carbonyl (C=O) groups is 2. The van der Waals surface area contributed by atoms with Gasteiger partial charge in [0.1, 0.15) is 0 Å². The van der Waals surface area contributed by atoms with Gasteiger partial charge in [-0.1, -0.05) is 13.8 Å². The monoisotopic (exact) mass is 298 g/mol. The Hall–Kier alpha value is -1.10. The second-order valence-electron chi connectivity index (χ2n) is 6.81. The third kappa shape index (κ3) is 6.46. The van der Waals surface area contributed by atoms with Crippen LogP contribution in [0, 0.1) is 11.8 Å². The van der Waals surface area contributed by atoms with Gasteiger partial charge in [0.25, 0.3) is 0 Å². The zero-order chi connectivity index (χ0) is 16.0. The van der Waals surface area contributed by atoms with Crippen molar-refractivity contribution >= 4 is 11.9 Å². The fraction of sp³-hybridized carbons (Fsp3) is 0.875. The highest BCUT2D eigenvalue weighted by molar-refractivity contribution is 5.78. The minimum Gasteiger partial charge on any atom is -0.481 e. The number of hydrogen-bond acceptors (Lipinski definition) is 3. The third-order valence-corrected chi connectivity index (χ3v) is 4.13. The van der Waals surface area contributed by atoms with Crippen molar-refractivity contribution < 1.29 is 14.7 Å². The maximum atomic E-state index is 12.5. The minimum atomic E-state index is -0.774. The van der Waals surface area contributed by atoms with E-state index in [1.165, 1.54) is 6.42 Å². The molecule has 1 heterocycles. The summed E-state index contributed by atoms with van der Waals surface area (Å²) in [5, 5.41) is 8.72. The molecule has 5 heteroatoms. The van der Waals surface area contributed by atoms with Crippen LogP contribution in [-0.4, -0.2) is 59.0 Å². The number of hydrogen-bond donors (Lipinski definition) is 1. The molecule has 21 heavy (non-hydrogen) atoms. The summed E-state index contributed by atoms with van der Waals surface area (Å²) in [6.45, 7) is 11.3. The molecule has 2 atom stereocenters. The number of rotatable bonds is 7. The zero-order valence-electron chi connectivity index (χ0n) is 13.8. The first-order valence-electron chi connectivity index (χ1n) is 8.03. The maximum absolute atomic E-state index is 12.5. The van der Waals surface area contributed by atoms with Gasteiger partial charge in [-0.3, -0.25) is 14.5 Å².